The molecule has 0 aromatic heterocycles. The molecule has 6 heteroatoms. The Kier molecular flexibility index (Phi) is 4.42. The van der Waals surface area contributed by atoms with Gasteiger partial charge in [0.25, 0.3) is 5.69 Å². The highest BCUT2D eigenvalue weighted by Gasteiger charge is 2.13. The molecule has 0 aliphatic rings. The minimum absolute atomic E-state index is 0.0361. The number of para-hydroxylation sites is 1. The highest BCUT2D eigenvalue weighted by Crippen LogP contribution is 2.27. The van der Waals surface area contributed by atoms with Gasteiger partial charge in [-0.1, -0.05) is 23.7 Å². The Bertz CT molecular complexity index is 632. The predicted molar refractivity (Wildman–Crippen MR) is 78.4 cm³/mol. The number of benzene rings is 2. The number of rotatable bonds is 5. The molecule has 0 aliphatic carbocycles. The summed E-state index contributed by atoms with van der Waals surface area (Å²) in [6, 6.07) is 12.0. The number of halogens is 1. The summed E-state index contributed by atoms with van der Waals surface area (Å²) in [6.07, 6.45) is 0. The molecule has 2 aromatic rings. The van der Waals surface area contributed by atoms with Crippen LogP contribution in [0.15, 0.2) is 42.5 Å². The normalized spacial score (nSPS) is 10.1. The van der Waals surface area contributed by atoms with Gasteiger partial charge in [0, 0.05) is 13.1 Å². The Morgan fingerprint density at radius 2 is 2.05 bits per heavy atom. The molecule has 0 radical (unpaired) electrons. The van der Waals surface area contributed by atoms with Crippen LogP contribution in [-0.4, -0.2) is 12.0 Å². The average molecular weight is 293 g/mol. The highest BCUT2D eigenvalue weighted by atomic mass is 35.5. The second-order valence-electron chi connectivity index (χ2n) is 4.08. The Labute approximate surface area is 121 Å². The molecular weight excluding hydrogens is 280 g/mol. The zero-order chi connectivity index (χ0) is 14.5. The van der Waals surface area contributed by atoms with E-state index in [4.69, 9.17) is 16.3 Å². The van der Waals surface area contributed by atoms with Gasteiger partial charge in [-0.15, -0.1) is 0 Å². The number of nitro benzene ring substituents is 1. The van der Waals surface area contributed by atoms with Gasteiger partial charge < -0.3 is 10.1 Å². The molecule has 0 aliphatic heterocycles. The third-order valence-corrected chi connectivity index (χ3v) is 3.07. The first-order valence-corrected chi connectivity index (χ1v) is 6.32. The summed E-state index contributed by atoms with van der Waals surface area (Å²) in [6.45, 7) is 0.288. The van der Waals surface area contributed by atoms with E-state index in [1.54, 1.807) is 31.3 Å². The predicted octanol–water partition coefficient (Wildman–Crippen LogP) is 3.87. The molecule has 20 heavy (non-hydrogen) atoms. The standard InChI is InChI=1S/C14H13ClN2O3/c1-16-12-8-10(6-7-13(12)17(18)19)9-20-14-5-3-2-4-11(14)15/h2-8,16H,9H2,1H3. The first kappa shape index (κ1) is 14.1. The van der Waals surface area contributed by atoms with Crippen LogP contribution in [0, 0.1) is 10.1 Å². The van der Waals surface area contributed by atoms with E-state index in [9.17, 15) is 10.1 Å². The van der Waals surface area contributed by atoms with E-state index in [-0.39, 0.29) is 12.3 Å². The van der Waals surface area contributed by atoms with Gasteiger partial charge in [-0.2, -0.15) is 0 Å². The Morgan fingerprint density at radius 1 is 1.30 bits per heavy atom. The summed E-state index contributed by atoms with van der Waals surface area (Å²) >= 11 is 5.99. The minimum atomic E-state index is -0.426. The number of nitrogens with zero attached hydrogens (tertiary/aromatic N) is 1. The van der Waals surface area contributed by atoms with Gasteiger partial charge in [-0.3, -0.25) is 10.1 Å². The largest absolute Gasteiger partial charge is 0.487 e. The SMILES string of the molecule is CNc1cc(COc2ccccc2Cl)ccc1[N+](=O)[O-]. The van der Waals surface area contributed by atoms with Crippen LogP contribution in [0.1, 0.15) is 5.56 Å². The van der Waals surface area contributed by atoms with E-state index in [0.29, 0.717) is 16.5 Å². The highest BCUT2D eigenvalue weighted by molar-refractivity contribution is 6.32. The van der Waals surface area contributed by atoms with Crippen LogP contribution in [0.25, 0.3) is 0 Å². The fourth-order valence-corrected chi connectivity index (χ4v) is 1.95. The maximum absolute atomic E-state index is 10.8. The number of anilines is 1. The van der Waals surface area contributed by atoms with E-state index in [2.05, 4.69) is 5.32 Å². The number of hydrogen-bond acceptors (Lipinski definition) is 4. The smallest absolute Gasteiger partial charge is 0.292 e. The molecule has 0 fully saturated rings. The molecule has 0 bridgehead atoms. The monoisotopic (exact) mass is 292 g/mol. The van der Waals surface area contributed by atoms with Crippen LogP contribution in [0.4, 0.5) is 11.4 Å². The van der Waals surface area contributed by atoms with E-state index in [1.165, 1.54) is 6.07 Å². The second-order valence-corrected chi connectivity index (χ2v) is 4.48. The molecule has 0 heterocycles. The lowest BCUT2D eigenvalue weighted by Gasteiger charge is -2.09. The van der Waals surface area contributed by atoms with E-state index in [0.717, 1.165) is 5.56 Å². The molecule has 5 nitrogen and oxygen atoms in total. The zero-order valence-electron chi connectivity index (χ0n) is 10.8. The lowest BCUT2D eigenvalue weighted by Crippen LogP contribution is -2.00. The van der Waals surface area contributed by atoms with Crippen LogP contribution in [0.2, 0.25) is 5.02 Å². The van der Waals surface area contributed by atoms with Crippen molar-refractivity contribution in [3.63, 3.8) is 0 Å². The number of hydrogen-bond donors (Lipinski definition) is 1. The van der Waals surface area contributed by atoms with E-state index < -0.39 is 4.92 Å². The Morgan fingerprint density at radius 3 is 2.70 bits per heavy atom. The van der Waals surface area contributed by atoms with Crippen molar-refractivity contribution in [2.75, 3.05) is 12.4 Å². The first-order valence-electron chi connectivity index (χ1n) is 5.94. The van der Waals surface area contributed by atoms with Gasteiger partial charge in [0.15, 0.2) is 0 Å². The fraction of sp³-hybridized carbons (Fsp3) is 0.143. The van der Waals surface area contributed by atoms with Crippen molar-refractivity contribution in [2.24, 2.45) is 0 Å². The third kappa shape index (κ3) is 3.19. The summed E-state index contributed by atoms with van der Waals surface area (Å²) in [4.78, 5) is 10.4. The summed E-state index contributed by atoms with van der Waals surface area (Å²) in [7, 11) is 1.64. The maximum atomic E-state index is 10.8. The van der Waals surface area contributed by atoms with Crippen molar-refractivity contribution in [2.45, 2.75) is 6.61 Å². The van der Waals surface area contributed by atoms with Crippen LogP contribution in [0.3, 0.4) is 0 Å². The van der Waals surface area contributed by atoms with Gasteiger partial charge in [0.2, 0.25) is 0 Å². The first-order chi connectivity index (χ1) is 9.61. The van der Waals surface area contributed by atoms with Crippen LogP contribution >= 0.6 is 11.6 Å². The van der Waals surface area contributed by atoms with Crippen LogP contribution in [0.5, 0.6) is 5.75 Å². The van der Waals surface area contributed by atoms with Crippen molar-refractivity contribution in [3.05, 3.63) is 63.2 Å². The lowest BCUT2D eigenvalue weighted by atomic mass is 10.2. The molecule has 0 saturated heterocycles. The van der Waals surface area contributed by atoms with Crippen molar-refractivity contribution in [3.8, 4) is 5.75 Å². The van der Waals surface area contributed by atoms with Gasteiger partial charge >= 0.3 is 0 Å². The molecule has 104 valence electrons. The lowest BCUT2D eigenvalue weighted by molar-refractivity contribution is -0.384. The molecule has 1 N–H and O–H groups in total. The fourth-order valence-electron chi connectivity index (χ4n) is 1.76. The Hall–Kier alpha value is -2.27. The van der Waals surface area contributed by atoms with Gasteiger partial charge in [0.05, 0.1) is 9.95 Å². The Balaban J connectivity index is 2.15. The number of ether oxygens (including phenoxy) is 1. The van der Waals surface area contributed by atoms with Crippen molar-refractivity contribution in [1.82, 2.24) is 0 Å². The summed E-state index contributed by atoms with van der Waals surface area (Å²) in [5.74, 6) is 0.582. The topological polar surface area (TPSA) is 64.4 Å². The van der Waals surface area contributed by atoms with Crippen molar-refractivity contribution >= 4 is 23.0 Å². The summed E-state index contributed by atoms with van der Waals surface area (Å²) in [5, 5.41) is 14.2. The molecule has 0 spiro atoms. The molecule has 2 aromatic carbocycles. The number of nitro groups is 1. The molecule has 0 amide bonds. The number of nitrogens with one attached hydrogen (secondary N) is 1. The van der Waals surface area contributed by atoms with Gasteiger partial charge in [-0.05, 0) is 29.8 Å². The molecule has 0 unspecified atom stereocenters. The molecular formula is C14H13ClN2O3. The summed E-state index contributed by atoms with van der Waals surface area (Å²) in [5.41, 5.74) is 1.31. The van der Waals surface area contributed by atoms with Crippen LogP contribution in [-0.2, 0) is 6.61 Å². The molecule has 0 atom stereocenters. The van der Waals surface area contributed by atoms with E-state index in [1.807, 2.05) is 12.1 Å². The van der Waals surface area contributed by atoms with Crippen molar-refractivity contribution < 1.29 is 9.66 Å². The molecule has 0 saturated carbocycles. The van der Waals surface area contributed by atoms with Gasteiger partial charge in [0.1, 0.15) is 18.0 Å². The van der Waals surface area contributed by atoms with Gasteiger partial charge in [-0.25, -0.2) is 0 Å². The maximum Gasteiger partial charge on any atom is 0.292 e. The average Bonchev–Trinajstić information content (AvgIpc) is 2.46. The van der Waals surface area contributed by atoms with Crippen LogP contribution < -0.4 is 10.1 Å². The van der Waals surface area contributed by atoms with E-state index >= 15 is 0 Å². The van der Waals surface area contributed by atoms with Crippen molar-refractivity contribution in [1.29, 1.82) is 0 Å². The zero-order valence-corrected chi connectivity index (χ0v) is 11.6. The quantitative estimate of drug-likeness (QED) is 0.671. The third-order valence-electron chi connectivity index (χ3n) is 2.76. The molecule has 2 rings (SSSR count). The summed E-state index contributed by atoms with van der Waals surface area (Å²) < 4.78 is 5.59. The second kappa shape index (κ2) is 6.25. The minimum Gasteiger partial charge on any atom is -0.487 e.